The molecule has 0 aliphatic heterocycles. The molecule has 0 heterocycles. The second-order valence-corrected chi connectivity index (χ2v) is 5.57. The minimum absolute atomic E-state index is 0.333. The van der Waals surface area contributed by atoms with Crippen LogP contribution in [0.4, 0.5) is 0 Å². The highest BCUT2D eigenvalue weighted by atomic mass is 35.5. The zero-order valence-corrected chi connectivity index (χ0v) is 10.2. The highest BCUT2D eigenvalue weighted by Gasteiger charge is 2.24. The summed E-state index contributed by atoms with van der Waals surface area (Å²) < 4.78 is 0. The van der Waals surface area contributed by atoms with Gasteiger partial charge in [0.15, 0.2) is 0 Å². The molecule has 1 aromatic carbocycles. The fraction of sp³-hybridized carbons (Fsp3) is 0.500. The van der Waals surface area contributed by atoms with E-state index in [0.717, 1.165) is 21.6 Å². The minimum Gasteiger partial charge on any atom is -0.327 e. The van der Waals surface area contributed by atoms with Gasteiger partial charge in [-0.25, -0.2) is 0 Å². The maximum atomic E-state index is 6.11. The number of benzene rings is 1. The van der Waals surface area contributed by atoms with Crippen LogP contribution in [0.25, 0.3) is 0 Å². The van der Waals surface area contributed by atoms with Gasteiger partial charge in [0.2, 0.25) is 0 Å². The average molecular weight is 242 g/mol. The molecule has 15 heavy (non-hydrogen) atoms. The van der Waals surface area contributed by atoms with Gasteiger partial charge in [0.25, 0.3) is 0 Å². The van der Waals surface area contributed by atoms with Crippen LogP contribution >= 0.6 is 23.4 Å². The topological polar surface area (TPSA) is 26.0 Å². The Balaban J connectivity index is 1.84. The van der Waals surface area contributed by atoms with E-state index in [4.69, 9.17) is 17.3 Å². The van der Waals surface area contributed by atoms with E-state index < -0.39 is 0 Å². The Labute approximate surface area is 100 Å². The molecule has 2 N–H and O–H groups in total. The molecule has 1 aliphatic rings. The third-order valence-corrected chi connectivity index (χ3v) is 4.68. The van der Waals surface area contributed by atoms with Crippen molar-refractivity contribution in [3.8, 4) is 0 Å². The highest BCUT2D eigenvalue weighted by molar-refractivity contribution is 7.99. The molecule has 0 aromatic heterocycles. The summed E-state index contributed by atoms with van der Waals surface area (Å²) in [4.78, 5) is 1.15. The van der Waals surface area contributed by atoms with Crippen LogP contribution < -0.4 is 5.73 Å². The van der Waals surface area contributed by atoms with Crippen LogP contribution in [0, 0.1) is 5.92 Å². The predicted molar refractivity (Wildman–Crippen MR) is 67.5 cm³/mol. The monoisotopic (exact) mass is 241 g/mol. The fourth-order valence-corrected chi connectivity index (χ4v) is 3.08. The summed E-state index contributed by atoms with van der Waals surface area (Å²) in [7, 11) is 0. The zero-order chi connectivity index (χ0) is 10.7. The zero-order valence-electron chi connectivity index (χ0n) is 8.66. The number of hydrogen-bond donors (Lipinski definition) is 1. The number of thioether (sulfide) groups is 1. The summed E-state index contributed by atoms with van der Waals surface area (Å²) in [6, 6.07) is 8.29. The lowest BCUT2D eigenvalue weighted by atomic mass is 9.81. The van der Waals surface area contributed by atoms with E-state index in [2.05, 4.69) is 6.07 Å². The molecule has 1 atom stereocenters. The largest absolute Gasteiger partial charge is 0.327 e. The molecule has 0 saturated heterocycles. The van der Waals surface area contributed by atoms with Crippen molar-refractivity contribution < 1.29 is 0 Å². The van der Waals surface area contributed by atoms with Gasteiger partial charge in [0.1, 0.15) is 0 Å². The van der Waals surface area contributed by atoms with Crippen LogP contribution in [0.1, 0.15) is 19.3 Å². The standard InChI is InChI=1S/C12H16ClNS/c13-10-6-1-2-7-12(10)15-8-11(14)9-4-3-5-9/h1-2,6-7,9,11H,3-5,8,14H2. The maximum absolute atomic E-state index is 6.11. The van der Waals surface area contributed by atoms with Crippen molar-refractivity contribution >= 4 is 23.4 Å². The van der Waals surface area contributed by atoms with Crippen molar-refractivity contribution in [2.24, 2.45) is 11.7 Å². The van der Waals surface area contributed by atoms with Gasteiger partial charge in [-0.2, -0.15) is 0 Å². The van der Waals surface area contributed by atoms with Gasteiger partial charge in [-0.05, 0) is 30.9 Å². The first-order valence-electron chi connectivity index (χ1n) is 5.40. The minimum atomic E-state index is 0.333. The predicted octanol–water partition coefficient (Wildman–Crippen LogP) is 3.56. The Morgan fingerprint density at radius 3 is 2.73 bits per heavy atom. The van der Waals surface area contributed by atoms with Gasteiger partial charge in [0.05, 0.1) is 5.02 Å². The molecule has 2 rings (SSSR count). The second-order valence-electron chi connectivity index (χ2n) is 4.10. The van der Waals surface area contributed by atoms with E-state index in [9.17, 15) is 0 Å². The van der Waals surface area contributed by atoms with Crippen LogP contribution in [0.3, 0.4) is 0 Å². The van der Waals surface area contributed by atoms with Crippen LogP contribution in [0.15, 0.2) is 29.2 Å². The second kappa shape index (κ2) is 5.24. The molecule has 0 amide bonds. The molecule has 1 unspecified atom stereocenters. The summed E-state index contributed by atoms with van der Waals surface area (Å²) in [6.45, 7) is 0. The molecule has 1 saturated carbocycles. The van der Waals surface area contributed by atoms with E-state index >= 15 is 0 Å². The van der Waals surface area contributed by atoms with Gasteiger partial charge in [-0.1, -0.05) is 30.2 Å². The van der Waals surface area contributed by atoms with Crippen molar-refractivity contribution in [2.75, 3.05) is 5.75 Å². The van der Waals surface area contributed by atoms with Gasteiger partial charge in [-0.15, -0.1) is 11.8 Å². The van der Waals surface area contributed by atoms with Crippen LogP contribution in [0.5, 0.6) is 0 Å². The summed E-state index contributed by atoms with van der Waals surface area (Å²) in [5, 5.41) is 0.836. The average Bonchev–Trinajstić information content (AvgIpc) is 2.14. The molecule has 0 radical (unpaired) electrons. The smallest absolute Gasteiger partial charge is 0.0541 e. The van der Waals surface area contributed by atoms with Crippen molar-refractivity contribution in [3.05, 3.63) is 29.3 Å². The number of hydrogen-bond acceptors (Lipinski definition) is 2. The van der Waals surface area contributed by atoms with E-state index in [1.807, 2.05) is 18.2 Å². The fourth-order valence-electron chi connectivity index (χ4n) is 1.75. The van der Waals surface area contributed by atoms with E-state index in [1.54, 1.807) is 11.8 Å². The van der Waals surface area contributed by atoms with Crippen LogP contribution in [-0.2, 0) is 0 Å². The molecular weight excluding hydrogens is 226 g/mol. The van der Waals surface area contributed by atoms with Gasteiger partial charge < -0.3 is 5.73 Å². The van der Waals surface area contributed by atoms with Crippen LogP contribution in [-0.4, -0.2) is 11.8 Å². The summed E-state index contributed by atoms with van der Waals surface area (Å²) >= 11 is 7.85. The summed E-state index contributed by atoms with van der Waals surface area (Å²) in [5.41, 5.74) is 6.11. The molecule has 1 nitrogen and oxygen atoms in total. The Morgan fingerprint density at radius 1 is 1.40 bits per heavy atom. The molecule has 1 aliphatic carbocycles. The van der Waals surface area contributed by atoms with E-state index in [-0.39, 0.29) is 0 Å². The number of halogens is 1. The van der Waals surface area contributed by atoms with Crippen molar-refractivity contribution in [1.82, 2.24) is 0 Å². The first-order chi connectivity index (χ1) is 7.27. The van der Waals surface area contributed by atoms with Crippen LogP contribution in [0.2, 0.25) is 5.02 Å². The first kappa shape index (κ1) is 11.3. The van der Waals surface area contributed by atoms with Crippen molar-refractivity contribution in [2.45, 2.75) is 30.2 Å². The first-order valence-corrected chi connectivity index (χ1v) is 6.76. The lowest BCUT2D eigenvalue weighted by Crippen LogP contribution is -2.36. The van der Waals surface area contributed by atoms with Gasteiger partial charge in [-0.3, -0.25) is 0 Å². The number of rotatable bonds is 4. The normalized spacial score (nSPS) is 18.5. The lowest BCUT2D eigenvalue weighted by Gasteiger charge is -2.31. The molecule has 1 fully saturated rings. The summed E-state index contributed by atoms with van der Waals surface area (Å²) in [5.74, 6) is 1.73. The highest BCUT2D eigenvalue weighted by Crippen LogP contribution is 2.33. The Kier molecular flexibility index (Phi) is 3.95. The molecule has 1 aromatic rings. The van der Waals surface area contributed by atoms with Crippen molar-refractivity contribution in [1.29, 1.82) is 0 Å². The van der Waals surface area contributed by atoms with Crippen molar-refractivity contribution in [3.63, 3.8) is 0 Å². The summed E-state index contributed by atoms with van der Waals surface area (Å²) in [6.07, 6.45) is 3.98. The Hall–Kier alpha value is -0.180. The quantitative estimate of drug-likeness (QED) is 0.816. The van der Waals surface area contributed by atoms with Gasteiger partial charge in [0, 0.05) is 16.7 Å². The van der Waals surface area contributed by atoms with E-state index in [0.29, 0.717) is 6.04 Å². The van der Waals surface area contributed by atoms with E-state index in [1.165, 1.54) is 19.3 Å². The Bertz CT molecular complexity index is 325. The maximum Gasteiger partial charge on any atom is 0.0541 e. The molecule has 0 bridgehead atoms. The Morgan fingerprint density at radius 2 is 2.13 bits per heavy atom. The molecule has 0 spiro atoms. The third-order valence-electron chi connectivity index (χ3n) is 3.02. The molecular formula is C12H16ClNS. The molecule has 3 heteroatoms. The van der Waals surface area contributed by atoms with Gasteiger partial charge >= 0.3 is 0 Å². The lowest BCUT2D eigenvalue weighted by molar-refractivity contribution is 0.276. The number of nitrogens with two attached hydrogens (primary N) is 1. The third kappa shape index (κ3) is 2.90. The SMILES string of the molecule is NC(CSc1ccccc1Cl)C1CCC1. The molecule has 82 valence electrons.